The SMILES string of the molecule is Fc1cc(Br)cnc1N1CCC(Oc2ccncc2Cl)C1. The van der Waals surface area contributed by atoms with Crippen molar-refractivity contribution in [1.29, 1.82) is 0 Å². The fraction of sp³-hybridized carbons (Fsp3) is 0.286. The summed E-state index contributed by atoms with van der Waals surface area (Å²) in [4.78, 5) is 9.92. The zero-order valence-corrected chi connectivity index (χ0v) is 13.3. The van der Waals surface area contributed by atoms with Gasteiger partial charge in [-0.1, -0.05) is 11.6 Å². The van der Waals surface area contributed by atoms with Crippen molar-refractivity contribution in [2.45, 2.75) is 12.5 Å². The lowest BCUT2D eigenvalue weighted by Gasteiger charge is -2.18. The van der Waals surface area contributed by atoms with Gasteiger partial charge >= 0.3 is 0 Å². The Morgan fingerprint density at radius 3 is 3.05 bits per heavy atom. The fourth-order valence-corrected chi connectivity index (χ4v) is 2.76. The Labute approximate surface area is 135 Å². The lowest BCUT2D eigenvalue weighted by atomic mass is 10.3. The van der Waals surface area contributed by atoms with Crippen LogP contribution in [0.2, 0.25) is 5.02 Å². The number of hydrogen-bond acceptors (Lipinski definition) is 4. The summed E-state index contributed by atoms with van der Waals surface area (Å²) in [5.41, 5.74) is 0. The van der Waals surface area contributed by atoms with Crippen molar-refractivity contribution >= 4 is 33.3 Å². The second-order valence-electron chi connectivity index (χ2n) is 4.74. The molecular weight excluding hydrogens is 361 g/mol. The van der Waals surface area contributed by atoms with E-state index in [4.69, 9.17) is 16.3 Å². The van der Waals surface area contributed by atoms with Crippen LogP contribution in [0.1, 0.15) is 6.42 Å². The van der Waals surface area contributed by atoms with Gasteiger partial charge in [0.15, 0.2) is 11.6 Å². The predicted octanol–water partition coefficient (Wildman–Crippen LogP) is 3.69. The van der Waals surface area contributed by atoms with Crippen LogP contribution in [0.15, 0.2) is 35.2 Å². The molecular formula is C14H12BrClFN3O. The molecule has 0 saturated carbocycles. The van der Waals surface area contributed by atoms with Gasteiger partial charge in [0.25, 0.3) is 0 Å². The van der Waals surface area contributed by atoms with E-state index in [1.165, 1.54) is 6.07 Å². The van der Waals surface area contributed by atoms with Crippen molar-refractivity contribution in [3.8, 4) is 5.75 Å². The van der Waals surface area contributed by atoms with Crippen molar-refractivity contribution in [1.82, 2.24) is 9.97 Å². The number of rotatable bonds is 3. The molecule has 1 atom stereocenters. The zero-order chi connectivity index (χ0) is 14.8. The van der Waals surface area contributed by atoms with Crippen molar-refractivity contribution in [2.24, 2.45) is 0 Å². The Morgan fingerprint density at radius 1 is 1.43 bits per heavy atom. The topological polar surface area (TPSA) is 38.2 Å². The highest BCUT2D eigenvalue weighted by molar-refractivity contribution is 9.10. The number of pyridine rings is 2. The summed E-state index contributed by atoms with van der Waals surface area (Å²) in [6.45, 7) is 1.27. The molecule has 0 N–H and O–H groups in total. The summed E-state index contributed by atoms with van der Waals surface area (Å²) in [5, 5.41) is 0.476. The first kappa shape index (κ1) is 14.5. The normalized spacial score (nSPS) is 18.0. The van der Waals surface area contributed by atoms with Crippen molar-refractivity contribution < 1.29 is 9.13 Å². The van der Waals surface area contributed by atoms with Gasteiger partial charge in [0.2, 0.25) is 0 Å². The minimum atomic E-state index is -0.341. The molecule has 0 aromatic carbocycles. The maximum absolute atomic E-state index is 13.9. The molecule has 0 bridgehead atoms. The number of hydrogen-bond donors (Lipinski definition) is 0. The van der Waals surface area contributed by atoms with Crippen molar-refractivity contribution in [3.63, 3.8) is 0 Å². The minimum absolute atomic E-state index is 0.0465. The van der Waals surface area contributed by atoms with Gasteiger partial charge in [0.05, 0.1) is 6.54 Å². The van der Waals surface area contributed by atoms with Gasteiger partial charge in [-0.25, -0.2) is 9.37 Å². The van der Waals surface area contributed by atoms with Gasteiger partial charge in [0, 0.05) is 42.1 Å². The van der Waals surface area contributed by atoms with Crippen LogP contribution in [0.4, 0.5) is 10.2 Å². The van der Waals surface area contributed by atoms with Crippen molar-refractivity contribution in [3.05, 3.63) is 46.0 Å². The lowest BCUT2D eigenvalue weighted by Crippen LogP contribution is -2.26. The average molecular weight is 373 g/mol. The molecule has 3 rings (SSSR count). The maximum Gasteiger partial charge on any atom is 0.166 e. The summed E-state index contributed by atoms with van der Waals surface area (Å²) in [6.07, 6.45) is 5.50. The molecule has 1 unspecified atom stereocenters. The van der Waals surface area contributed by atoms with Gasteiger partial charge in [-0.3, -0.25) is 4.98 Å². The number of nitrogens with zero attached hydrogens (tertiary/aromatic N) is 3. The third kappa shape index (κ3) is 3.27. The molecule has 0 aliphatic carbocycles. The molecule has 2 aromatic rings. The number of aromatic nitrogens is 2. The van der Waals surface area contributed by atoms with E-state index < -0.39 is 0 Å². The number of halogens is 3. The Balaban J connectivity index is 1.69. The molecule has 3 heterocycles. The summed E-state index contributed by atoms with van der Waals surface area (Å²) in [6, 6.07) is 3.14. The first-order valence-electron chi connectivity index (χ1n) is 6.45. The molecule has 2 aromatic heterocycles. The molecule has 1 saturated heterocycles. The molecule has 0 amide bonds. The Hall–Kier alpha value is -1.40. The Kier molecular flexibility index (Phi) is 4.26. The Bertz CT molecular complexity index is 658. The van der Waals surface area contributed by atoms with Gasteiger partial charge in [-0.2, -0.15) is 0 Å². The monoisotopic (exact) mass is 371 g/mol. The van der Waals surface area contributed by atoms with Crippen LogP contribution in [-0.2, 0) is 0 Å². The molecule has 0 radical (unpaired) electrons. The van der Waals surface area contributed by atoms with Crippen LogP contribution in [0.5, 0.6) is 5.75 Å². The van der Waals surface area contributed by atoms with E-state index in [1.807, 2.05) is 4.90 Å². The molecule has 110 valence electrons. The van der Waals surface area contributed by atoms with E-state index in [2.05, 4.69) is 25.9 Å². The van der Waals surface area contributed by atoms with Crippen LogP contribution < -0.4 is 9.64 Å². The summed E-state index contributed by atoms with van der Waals surface area (Å²) >= 11 is 9.22. The number of ether oxygens (including phenoxy) is 1. The van der Waals surface area contributed by atoms with Crippen molar-refractivity contribution in [2.75, 3.05) is 18.0 Å². The first-order valence-corrected chi connectivity index (χ1v) is 7.63. The van der Waals surface area contributed by atoms with Gasteiger partial charge in [0.1, 0.15) is 16.9 Å². The first-order chi connectivity index (χ1) is 10.1. The van der Waals surface area contributed by atoms with Gasteiger partial charge < -0.3 is 9.64 Å². The zero-order valence-electron chi connectivity index (χ0n) is 11.0. The van der Waals surface area contributed by atoms with E-state index in [-0.39, 0.29) is 11.9 Å². The molecule has 1 aliphatic heterocycles. The van der Waals surface area contributed by atoms with E-state index in [0.29, 0.717) is 34.2 Å². The third-order valence-electron chi connectivity index (χ3n) is 3.26. The molecule has 4 nitrogen and oxygen atoms in total. The van der Waals surface area contributed by atoms with Gasteiger partial charge in [-0.05, 0) is 22.0 Å². The average Bonchev–Trinajstić information content (AvgIpc) is 2.90. The summed E-state index contributed by atoms with van der Waals surface area (Å²) in [7, 11) is 0. The smallest absolute Gasteiger partial charge is 0.166 e. The number of anilines is 1. The van der Waals surface area contributed by atoms with E-state index in [0.717, 1.165) is 6.42 Å². The minimum Gasteiger partial charge on any atom is -0.487 e. The van der Waals surface area contributed by atoms with Gasteiger partial charge in [-0.15, -0.1) is 0 Å². The third-order valence-corrected chi connectivity index (χ3v) is 3.98. The van der Waals surface area contributed by atoms with Crippen LogP contribution in [0, 0.1) is 5.82 Å². The highest BCUT2D eigenvalue weighted by Gasteiger charge is 2.27. The molecule has 7 heteroatoms. The summed E-state index contributed by atoms with van der Waals surface area (Å²) < 4.78 is 20.4. The molecule has 1 fully saturated rings. The summed E-state index contributed by atoms with van der Waals surface area (Å²) in [5.74, 6) is 0.611. The van der Waals surface area contributed by atoms with Crippen LogP contribution in [-0.4, -0.2) is 29.2 Å². The molecule has 21 heavy (non-hydrogen) atoms. The van der Waals surface area contributed by atoms with Crippen LogP contribution in [0.25, 0.3) is 0 Å². The van der Waals surface area contributed by atoms with E-state index >= 15 is 0 Å². The maximum atomic E-state index is 13.9. The fourth-order valence-electron chi connectivity index (χ4n) is 2.29. The second-order valence-corrected chi connectivity index (χ2v) is 6.06. The predicted molar refractivity (Wildman–Crippen MR) is 82.4 cm³/mol. The Morgan fingerprint density at radius 2 is 2.29 bits per heavy atom. The molecule has 1 aliphatic rings. The highest BCUT2D eigenvalue weighted by atomic mass is 79.9. The highest BCUT2D eigenvalue weighted by Crippen LogP contribution is 2.28. The molecule has 0 spiro atoms. The largest absolute Gasteiger partial charge is 0.487 e. The lowest BCUT2D eigenvalue weighted by molar-refractivity contribution is 0.225. The van der Waals surface area contributed by atoms with Crippen LogP contribution in [0.3, 0.4) is 0 Å². The van der Waals surface area contributed by atoms with E-state index in [1.54, 1.807) is 24.7 Å². The van der Waals surface area contributed by atoms with Crippen LogP contribution >= 0.6 is 27.5 Å². The van der Waals surface area contributed by atoms with E-state index in [9.17, 15) is 4.39 Å². The standard InChI is InChI=1S/C14H12BrClFN3O/c15-9-5-12(17)14(19-6-9)20-4-2-10(8-20)21-13-1-3-18-7-11(13)16/h1,3,5-7,10H,2,4,8H2. The second kappa shape index (κ2) is 6.15. The quantitative estimate of drug-likeness (QED) is 0.823.